The van der Waals surface area contributed by atoms with E-state index in [9.17, 15) is 4.79 Å². The molecule has 0 saturated carbocycles. The first-order valence-corrected chi connectivity index (χ1v) is 8.75. The number of benzene rings is 2. The van der Waals surface area contributed by atoms with Crippen molar-refractivity contribution >= 4 is 11.6 Å². The summed E-state index contributed by atoms with van der Waals surface area (Å²) in [7, 11) is 0. The second kappa shape index (κ2) is 9.83. The van der Waals surface area contributed by atoms with E-state index in [1.807, 2.05) is 65.6 Å². The Morgan fingerprint density at radius 3 is 2.00 bits per heavy atom. The first-order chi connectivity index (χ1) is 11.3. The van der Waals surface area contributed by atoms with Crippen molar-refractivity contribution in [2.75, 3.05) is 11.4 Å². The van der Waals surface area contributed by atoms with Gasteiger partial charge in [-0.05, 0) is 30.7 Å². The SMILES string of the molecule is CCCCCCCCN(C(=O)c1ccccc1)c1ccccc1. The lowest BCUT2D eigenvalue weighted by Crippen LogP contribution is -2.31. The van der Waals surface area contributed by atoms with Gasteiger partial charge in [0.2, 0.25) is 0 Å². The molecule has 0 aliphatic rings. The Morgan fingerprint density at radius 1 is 0.783 bits per heavy atom. The van der Waals surface area contributed by atoms with Gasteiger partial charge in [-0.1, -0.05) is 75.4 Å². The topological polar surface area (TPSA) is 20.3 Å². The number of unbranched alkanes of at least 4 members (excludes halogenated alkanes) is 5. The van der Waals surface area contributed by atoms with Gasteiger partial charge in [0.25, 0.3) is 5.91 Å². The van der Waals surface area contributed by atoms with Crippen LogP contribution in [0.25, 0.3) is 0 Å². The third kappa shape index (κ3) is 5.55. The van der Waals surface area contributed by atoms with Crippen molar-refractivity contribution in [3.63, 3.8) is 0 Å². The van der Waals surface area contributed by atoms with Crippen molar-refractivity contribution in [2.45, 2.75) is 45.4 Å². The molecule has 2 rings (SSSR count). The molecule has 2 heteroatoms. The van der Waals surface area contributed by atoms with Crippen LogP contribution in [-0.4, -0.2) is 12.5 Å². The number of hydrogen-bond acceptors (Lipinski definition) is 1. The second-order valence-electron chi connectivity index (χ2n) is 5.93. The quantitative estimate of drug-likeness (QED) is 0.545. The van der Waals surface area contributed by atoms with E-state index in [4.69, 9.17) is 0 Å². The zero-order chi connectivity index (χ0) is 16.3. The number of rotatable bonds is 9. The third-order valence-electron chi connectivity index (χ3n) is 4.07. The molecule has 2 aromatic carbocycles. The average molecular weight is 309 g/mol. The van der Waals surface area contributed by atoms with Crippen molar-refractivity contribution in [2.24, 2.45) is 0 Å². The summed E-state index contributed by atoms with van der Waals surface area (Å²) in [6.07, 6.45) is 7.38. The molecule has 0 N–H and O–H groups in total. The summed E-state index contributed by atoms with van der Waals surface area (Å²) in [5, 5.41) is 0. The number of carbonyl (C=O) groups excluding carboxylic acids is 1. The average Bonchev–Trinajstić information content (AvgIpc) is 2.62. The number of anilines is 1. The monoisotopic (exact) mass is 309 g/mol. The van der Waals surface area contributed by atoms with Gasteiger partial charge in [-0.3, -0.25) is 4.79 Å². The molecule has 0 radical (unpaired) electrons. The molecule has 0 bridgehead atoms. The van der Waals surface area contributed by atoms with E-state index in [0.717, 1.165) is 24.2 Å². The van der Waals surface area contributed by atoms with Crippen molar-refractivity contribution in [1.82, 2.24) is 0 Å². The van der Waals surface area contributed by atoms with Gasteiger partial charge in [-0.2, -0.15) is 0 Å². The minimum Gasteiger partial charge on any atom is -0.308 e. The van der Waals surface area contributed by atoms with Gasteiger partial charge < -0.3 is 4.90 Å². The summed E-state index contributed by atoms with van der Waals surface area (Å²) in [4.78, 5) is 14.7. The summed E-state index contributed by atoms with van der Waals surface area (Å²) in [6.45, 7) is 3.01. The molecule has 0 unspecified atom stereocenters. The highest BCUT2D eigenvalue weighted by Crippen LogP contribution is 2.18. The fraction of sp³-hybridized carbons (Fsp3) is 0.381. The van der Waals surface area contributed by atoms with Gasteiger partial charge >= 0.3 is 0 Å². The van der Waals surface area contributed by atoms with E-state index < -0.39 is 0 Å². The number of para-hydroxylation sites is 1. The lowest BCUT2D eigenvalue weighted by Gasteiger charge is -2.23. The molecule has 0 aliphatic heterocycles. The zero-order valence-electron chi connectivity index (χ0n) is 14.1. The molecule has 2 aromatic rings. The van der Waals surface area contributed by atoms with E-state index >= 15 is 0 Å². The Kier molecular flexibility index (Phi) is 7.38. The second-order valence-corrected chi connectivity index (χ2v) is 5.93. The normalized spacial score (nSPS) is 10.5. The van der Waals surface area contributed by atoms with E-state index in [2.05, 4.69) is 6.92 Å². The van der Waals surface area contributed by atoms with E-state index in [1.54, 1.807) is 0 Å². The van der Waals surface area contributed by atoms with Crippen LogP contribution in [0.15, 0.2) is 60.7 Å². The van der Waals surface area contributed by atoms with E-state index in [1.165, 1.54) is 32.1 Å². The maximum absolute atomic E-state index is 12.8. The van der Waals surface area contributed by atoms with E-state index in [0.29, 0.717) is 0 Å². The van der Waals surface area contributed by atoms with Crippen LogP contribution in [-0.2, 0) is 0 Å². The highest BCUT2D eigenvalue weighted by molar-refractivity contribution is 6.06. The van der Waals surface area contributed by atoms with Crippen molar-refractivity contribution in [1.29, 1.82) is 0 Å². The molecule has 1 amide bonds. The Hall–Kier alpha value is -2.09. The molecule has 2 nitrogen and oxygen atoms in total. The molecule has 0 heterocycles. The predicted molar refractivity (Wildman–Crippen MR) is 97.9 cm³/mol. The maximum atomic E-state index is 12.8. The van der Waals surface area contributed by atoms with E-state index in [-0.39, 0.29) is 5.91 Å². The molecule has 0 fully saturated rings. The van der Waals surface area contributed by atoms with Crippen LogP contribution in [0.2, 0.25) is 0 Å². The predicted octanol–water partition coefficient (Wildman–Crippen LogP) is 5.69. The maximum Gasteiger partial charge on any atom is 0.258 e. The first kappa shape index (κ1) is 17.3. The Balaban J connectivity index is 2.00. The summed E-state index contributed by atoms with van der Waals surface area (Å²) in [5.41, 5.74) is 1.73. The molecular weight excluding hydrogens is 282 g/mol. The third-order valence-corrected chi connectivity index (χ3v) is 4.07. The molecule has 0 saturated heterocycles. The van der Waals surface area contributed by atoms with Gasteiger partial charge in [0.15, 0.2) is 0 Å². The van der Waals surface area contributed by atoms with Crippen molar-refractivity contribution < 1.29 is 4.79 Å². The Bertz CT molecular complexity index is 565. The molecular formula is C21H27NO. The van der Waals surface area contributed by atoms with Gasteiger partial charge in [0.05, 0.1) is 0 Å². The molecule has 0 spiro atoms. The lowest BCUT2D eigenvalue weighted by atomic mass is 10.1. The summed E-state index contributed by atoms with van der Waals surface area (Å²) in [5.74, 6) is 0.0883. The molecule has 23 heavy (non-hydrogen) atoms. The van der Waals surface area contributed by atoms with Crippen LogP contribution in [0.1, 0.15) is 55.8 Å². The molecule has 0 aromatic heterocycles. The molecule has 122 valence electrons. The summed E-state index contributed by atoms with van der Waals surface area (Å²) in [6, 6.07) is 19.5. The van der Waals surface area contributed by atoms with Gasteiger partial charge in [0, 0.05) is 17.8 Å². The lowest BCUT2D eigenvalue weighted by molar-refractivity contribution is 0.0986. The fourth-order valence-electron chi connectivity index (χ4n) is 2.74. The van der Waals surface area contributed by atoms with Gasteiger partial charge in [0.1, 0.15) is 0 Å². The number of carbonyl (C=O) groups is 1. The molecule has 0 aliphatic carbocycles. The summed E-state index contributed by atoms with van der Waals surface area (Å²) < 4.78 is 0. The summed E-state index contributed by atoms with van der Waals surface area (Å²) >= 11 is 0. The zero-order valence-corrected chi connectivity index (χ0v) is 14.1. The minimum atomic E-state index is 0.0883. The van der Waals surface area contributed by atoms with Crippen LogP contribution in [0.3, 0.4) is 0 Å². The molecule has 0 atom stereocenters. The largest absolute Gasteiger partial charge is 0.308 e. The fourth-order valence-corrected chi connectivity index (χ4v) is 2.74. The number of amides is 1. The van der Waals surface area contributed by atoms with Crippen LogP contribution in [0, 0.1) is 0 Å². The minimum absolute atomic E-state index is 0.0883. The smallest absolute Gasteiger partial charge is 0.258 e. The van der Waals surface area contributed by atoms with Crippen molar-refractivity contribution in [3.8, 4) is 0 Å². The van der Waals surface area contributed by atoms with Crippen molar-refractivity contribution in [3.05, 3.63) is 66.2 Å². The number of hydrogen-bond donors (Lipinski definition) is 0. The van der Waals surface area contributed by atoms with Crippen LogP contribution < -0.4 is 4.90 Å². The van der Waals surface area contributed by atoms with Crippen LogP contribution >= 0.6 is 0 Å². The first-order valence-electron chi connectivity index (χ1n) is 8.75. The Morgan fingerprint density at radius 2 is 1.35 bits per heavy atom. The van der Waals surface area contributed by atoms with Crippen LogP contribution in [0.5, 0.6) is 0 Å². The highest BCUT2D eigenvalue weighted by Gasteiger charge is 2.16. The van der Waals surface area contributed by atoms with Crippen LogP contribution in [0.4, 0.5) is 5.69 Å². The number of nitrogens with zero attached hydrogens (tertiary/aromatic N) is 1. The van der Waals surface area contributed by atoms with Gasteiger partial charge in [-0.25, -0.2) is 0 Å². The Labute approximate surface area is 140 Å². The standard InChI is InChI=1S/C21H27NO/c1-2-3-4-5-6-13-18-22(20-16-11-8-12-17-20)21(23)19-14-9-7-10-15-19/h7-12,14-17H,2-6,13,18H2,1H3. The highest BCUT2D eigenvalue weighted by atomic mass is 16.2. The van der Waals surface area contributed by atoms with Gasteiger partial charge in [-0.15, -0.1) is 0 Å².